The highest BCUT2D eigenvalue weighted by atomic mass is 28.4. The van der Waals surface area contributed by atoms with Gasteiger partial charge in [-0.3, -0.25) is 15.3 Å². The molecule has 0 aliphatic heterocycles. The van der Waals surface area contributed by atoms with Crippen molar-refractivity contribution in [3.63, 3.8) is 0 Å². The van der Waals surface area contributed by atoms with Gasteiger partial charge in [0.25, 0.3) is 5.91 Å². The molecule has 66 heavy (non-hydrogen) atoms. The molecular weight excluding hydrogens is 969 g/mol. The molecule has 28 heteroatoms. The zero-order valence-corrected chi connectivity index (χ0v) is 35.9. The Bertz CT molecular complexity index is 2010. The van der Waals surface area contributed by atoms with Gasteiger partial charge in [-0.25, -0.2) is 19.1 Å². The number of rotatable bonds is 22. The largest absolute Gasteiger partial charge is 0.491 e. The number of hydrogen-bond donors (Lipinski definition) is 3. The van der Waals surface area contributed by atoms with Gasteiger partial charge < -0.3 is 13.9 Å². The average Bonchev–Trinajstić information content (AvgIpc) is 3.19. The van der Waals surface area contributed by atoms with Gasteiger partial charge in [0.1, 0.15) is 30.1 Å². The number of alkyl halides is 17. The van der Waals surface area contributed by atoms with E-state index in [1.807, 2.05) is 0 Å². The summed E-state index contributed by atoms with van der Waals surface area (Å²) in [7, 11) is -4.07. The smallest absolute Gasteiger partial charge is 0.460 e. The van der Waals surface area contributed by atoms with Crippen LogP contribution in [0.15, 0.2) is 54.1 Å². The Hall–Kier alpha value is -4.47. The highest BCUT2D eigenvalue weighted by Gasteiger charge is 2.95. The van der Waals surface area contributed by atoms with Crippen LogP contribution in [0.4, 0.5) is 93.9 Å². The predicted octanol–water partition coefficient (Wildman–Crippen LogP) is 12.9. The minimum atomic E-state index is -8.73. The molecule has 0 saturated carbocycles. The molecule has 0 bridgehead atoms. The lowest BCUT2D eigenvalue weighted by Crippen LogP contribution is -2.74. The summed E-state index contributed by atoms with van der Waals surface area (Å²) in [5.41, 5.74) is -0.800. The first kappa shape index (κ1) is 57.7. The number of carbonyl (C=O) groups is 2. The minimum Gasteiger partial charge on any atom is -0.491 e. The first-order chi connectivity index (χ1) is 29.7. The van der Waals surface area contributed by atoms with Gasteiger partial charge in [0, 0.05) is 24.0 Å². The van der Waals surface area contributed by atoms with Gasteiger partial charge in [-0.05, 0) is 53.9 Å². The molecule has 2 rings (SSSR count). The van der Waals surface area contributed by atoms with E-state index in [1.165, 1.54) is 77.4 Å². The second-order valence-corrected chi connectivity index (χ2v) is 20.4. The molecular formula is C38H41F19N2O6Si. The molecule has 0 aliphatic rings. The van der Waals surface area contributed by atoms with Crippen molar-refractivity contribution < 1.29 is 112 Å². The SMILES string of the molecule is C/C(=C\[C@H](C)[C@@H](OC(=O)Nc1ccc(F)cc1F)c1ccc(OCCO[Si](CCC(F)(F)C(F)(F)C(F)(F)C(F)(F)C(F)(F)C(F)(F)C(F)(F)C(F)(F)F)(C(C)C)C(C)C)cc1)C(=O)NO. The number of amides is 2. The fourth-order valence-electron chi connectivity index (χ4n) is 6.47. The Morgan fingerprint density at radius 1 is 0.697 bits per heavy atom. The molecule has 8 nitrogen and oxygen atoms in total. The zero-order valence-electron chi connectivity index (χ0n) is 34.9. The van der Waals surface area contributed by atoms with Crippen molar-refractivity contribution in [3.8, 4) is 5.75 Å². The van der Waals surface area contributed by atoms with Gasteiger partial charge in [-0.1, -0.05) is 52.8 Å². The monoisotopic (exact) mass is 1010 g/mol. The summed E-state index contributed by atoms with van der Waals surface area (Å²) < 4.78 is 280. The highest BCUT2D eigenvalue weighted by molar-refractivity contribution is 6.76. The third-order valence-electron chi connectivity index (χ3n) is 10.4. The van der Waals surface area contributed by atoms with E-state index < -0.39 is 134 Å². The van der Waals surface area contributed by atoms with Crippen LogP contribution in [0.5, 0.6) is 5.75 Å². The first-order valence-corrected chi connectivity index (χ1v) is 21.1. The standard InChI is InChI=1S/C38H41F19N2O6Si/c1-19(2)66(20(3)4,16-13-31(41,42)32(43,44)33(45,46)34(47,48)35(49,50)36(51,52)37(53,54)38(55,56)57)64-15-14-63-25-10-7-23(8-11-25)28(21(5)17-22(6)29(60)59-62)65-30(61)58-27-12-9-24(39)18-26(27)40/h7-12,17-21,28,62H,13-16H2,1-6H3,(H,58,61)(H,59,60)/b22-17+/t21-,28+/m0/s1. The Morgan fingerprint density at radius 3 is 1.64 bits per heavy atom. The molecule has 0 saturated heterocycles. The lowest BCUT2D eigenvalue weighted by Gasteiger charge is -2.44. The van der Waals surface area contributed by atoms with E-state index in [2.05, 4.69) is 5.32 Å². The van der Waals surface area contributed by atoms with Crippen molar-refractivity contribution in [2.75, 3.05) is 18.5 Å². The molecule has 2 amide bonds. The van der Waals surface area contributed by atoms with Gasteiger partial charge >= 0.3 is 53.7 Å². The van der Waals surface area contributed by atoms with E-state index in [1.54, 1.807) is 0 Å². The van der Waals surface area contributed by atoms with Gasteiger partial charge in [0.15, 0.2) is 8.32 Å². The normalized spacial score (nSPS) is 15.2. The van der Waals surface area contributed by atoms with E-state index in [0.717, 1.165) is 12.1 Å². The van der Waals surface area contributed by atoms with E-state index in [-0.39, 0.29) is 16.9 Å². The van der Waals surface area contributed by atoms with E-state index in [4.69, 9.17) is 19.1 Å². The fraction of sp³-hybridized carbons (Fsp3) is 0.579. The molecule has 0 fully saturated rings. The summed E-state index contributed by atoms with van der Waals surface area (Å²) in [5, 5.41) is 11.0. The van der Waals surface area contributed by atoms with Crippen molar-refractivity contribution >= 4 is 26.0 Å². The Labute approximate surface area is 363 Å². The molecule has 0 aromatic heterocycles. The number of benzene rings is 2. The lowest BCUT2D eigenvalue weighted by molar-refractivity contribution is -0.461. The Kier molecular flexibility index (Phi) is 17.8. The van der Waals surface area contributed by atoms with Crippen LogP contribution in [0.3, 0.4) is 0 Å². The summed E-state index contributed by atoms with van der Waals surface area (Å²) in [4.78, 5) is 24.7. The van der Waals surface area contributed by atoms with Crippen molar-refractivity contribution in [2.45, 2.75) is 119 Å². The quantitative estimate of drug-likeness (QED) is 0.0271. The molecule has 2 atom stereocenters. The summed E-state index contributed by atoms with van der Waals surface area (Å²) in [6, 6.07) is 6.01. The molecule has 376 valence electrons. The zero-order chi connectivity index (χ0) is 51.4. The number of carbonyl (C=O) groups excluding carboxylic acids is 2. The van der Waals surface area contributed by atoms with Crippen LogP contribution in [0.2, 0.25) is 17.1 Å². The molecule has 3 N–H and O–H groups in total. The number of nitrogens with one attached hydrogen (secondary N) is 2. The molecule has 0 heterocycles. The van der Waals surface area contributed by atoms with E-state index >= 15 is 0 Å². The van der Waals surface area contributed by atoms with Crippen LogP contribution in [0.25, 0.3) is 0 Å². The number of ether oxygens (including phenoxy) is 2. The van der Waals surface area contributed by atoms with Crippen LogP contribution in [0.1, 0.15) is 59.6 Å². The van der Waals surface area contributed by atoms with E-state index in [9.17, 15) is 93.0 Å². The summed E-state index contributed by atoms with van der Waals surface area (Å²) in [5.74, 6) is -61.0. The van der Waals surface area contributed by atoms with Gasteiger partial charge in [-0.2, -0.15) is 74.6 Å². The molecule has 2 aromatic rings. The number of hydrogen-bond acceptors (Lipinski definition) is 6. The Balaban J connectivity index is 2.33. The fourth-order valence-corrected chi connectivity index (χ4v) is 10.9. The molecule has 0 radical (unpaired) electrons. The average molecular weight is 1010 g/mol. The molecule has 0 unspecified atom stereocenters. The minimum absolute atomic E-state index is 0.00374. The van der Waals surface area contributed by atoms with Crippen LogP contribution >= 0.6 is 0 Å². The molecule has 0 spiro atoms. The van der Waals surface area contributed by atoms with E-state index in [0.29, 0.717) is 6.07 Å². The van der Waals surface area contributed by atoms with Gasteiger partial charge in [-0.15, -0.1) is 0 Å². The van der Waals surface area contributed by atoms with Crippen molar-refractivity contribution in [1.29, 1.82) is 0 Å². The summed E-state index contributed by atoms with van der Waals surface area (Å²) in [6.45, 7) is 6.76. The number of halogens is 19. The second-order valence-electron chi connectivity index (χ2n) is 15.4. The van der Waals surface area contributed by atoms with Gasteiger partial charge in [0.2, 0.25) is 0 Å². The van der Waals surface area contributed by atoms with Crippen LogP contribution < -0.4 is 15.5 Å². The van der Waals surface area contributed by atoms with Crippen LogP contribution in [0, 0.1) is 17.6 Å². The molecule has 0 aliphatic carbocycles. The maximum Gasteiger partial charge on any atom is 0.460 e. The van der Waals surface area contributed by atoms with Crippen LogP contribution in [-0.4, -0.2) is 86.4 Å². The van der Waals surface area contributed by atoms with Crippen molar-refractivity contribution in [1.82, 2.24) is 5.48 Å². The topological polar surface area (TPSA) is 106 Å². The summed E-state index contributed by atoms with van der Waals surface area (Å²) in [6.07, 6.45) is -11.7. The van der Waals surface area contributed by atoms with Crippen molar-refractivity contribution in [2.24, 2.45) is 5.92 Å². The van der Waals surface area contributed by atoms with Crippen LogP contribution in [-0.2, 0) is 14.0 Å². The maximum absolute atomic E-state index is 15.0. The number of anilines is 1. The lowest BCUT2D eigenvalue weighted by atomic mass is 9.88. The summed E-state index contributed by atoms with van der Waals surface area (Å²) >= 11 is 0. The highest BCUT2D eigenvalue weighted by Crippen LogP contribution is 2.64. The first-order valence-electron chi connectivity index (χ1n) is 18.9. The van der Waals surface area contributed by atoms with Gasteiger partial charge in [0.05, 0.1) is 12.3 Å². The predicted molar refractivity (Wildman–Crippen MR) is 196 cm³/mol. The third kappa shape index (κ3) is 11.3. The second kappa shape index (κ2) is 20.4. The van der Waals surface area contributed by atoms with Crippen molar-refractivity contribution in [3.05, 3.63) is 71.3 Å². The Morgan fingerprint density at radius 2 is 1.18 bits per heavy atom. The number of hydroxylamine groups is 1. The third-order valence-corrected chi connectivity index (χ3v) is 16.0. The maximum atomic E-state index is 15.0. The molecule has 2 aromatic carbocycles.